The Morgan fingerprint density at radius 1 is 1.02 bits per heavy atom. The van der Waals surface area contributed by atoms with Gasteiger partial charge in [-0.1, -0.05) is 45.5 Å². The highest BCUT2D eigenvalue weighted by atomic mass is 127. The van der Waals surface area contributed by atoms with Crippen molar-refractivity contribution >= 4 is 84.5 Å². The van der Waals surface area contributed by atoms with Crippen LogP contribution in [0.2, 0.25) is 0 Å². The average Bonchev–Trinajstić information content (AvgIpc) is 3.32. The van der Waals surface area contributed by atoms with Crippen molar-refractivity contribution in [1.29, 1.82) is 0 Å². The molecule has 1 aromatic heterocycles. The first-order valence-corrected chi connectivity index (χ1v) is 17.4. The van der Waals surface area contributed by atoms with Gasteiger partial charge in [0.05, 0.1) is 40.0 Å². The Hall–Kier alpha value is -2.69. The molecule has 8 nitrogen and oxygen atoms in total. The van der Waals surface area contributed by atoms with Crippen molar-refractivity contribution in [2.75, 3.05) is 20.3 Å². The van der Waals surface area contributed by atoms with Gasteiger partial charge >= 0.3 is 5.97 Å². The molecule has 0 saturated heterocycles. The molecule has 0 radical (unpaired) electrons. The molecule has 0 spiro atoms. The summed E-state index contributed by atoms with van der Waals surface area (Å²) in [6.45, 7) is 5.04. The van der Waals surface area contributed by atoms with Crippen molar-refractivity contribution in [1.82, 2.24) is 4.57 Å². The lowest BCUT2D eigenvalue weighted by Crippen LogP contribution is -2.39. The zero-order valence-corrected chi connectivity index (χ0v) is 30.7. The molecule has 1 aliphatic heterocycles. The molecule has 2 heterocycles. The summed E-state index contributed by atoms with van der Waals surface area (Å²) in [4.78, 5) is 32.0. The van der Waals surface area contributed by atoms with Crippen LogP contribution in [0.1, 0.15) is 36.6 Å². The maximum Gasteiger partial charge on any atom is 0.337 e. The molecule has 0 aliphatic carbocycles. The SMILES string of the molecule is CCOc1ccc([C@H]2C(C(=O)OC)=CN=c3s/c(=C/c4cc(I)cc(I)c4OCc4ccc(Br)cc4)c(=O)n32)cc1OCC. The van der Waals surface area contributed by atoms with Gasteiger partial charge in [0.1, 0.15) is 12.4 Å². The van der Waals surface area contributed by atoms with Crippen molar-refractivity contribution in [2.45, 2.75) is 26.5 Å². The highest BCUT2D eigenvalue weighted by molar-refractivity contribution is 14.1. The van der Waals surface area contributed by atoms with E-state index in [-0.39, 0.29) is 11.1 Å². The smallest absolute Gasteiger partial charge is 0.337 e. The molecule has 0 saturated carbocycles. The Morgan fingerprint density at radius 3 is 2.45 bits per heavy atom. The van der Waals surface area contributed by atoms with Gasteiger partial charge in [0.15, 0.2) is 16.3 Å². The molecule has 5 rings (SSSR count). The molecular formula is C32H27BrI2N2O6S. The molecule has 1 atom stereocenters. The number of fused-ring (bicyclic) bond motifs is 1. The van der Waals surface area contributed by atoms with E-state index in [0.717, 1.165) is 22.7 Å². The molecule has 0 N–H and O–H groups in total. The van der Waals surface area contributed by atoms with E-state index in [0.29, 0.717) is 52.0 Å². The topological polar surface area (TPSA) is 88.4 Å². The highest BCUT2D eigenvalue weighted by Gasteiger charge is 2.31. The standard InChI is InChI=1S/C32H27BrI2N2O6S/c1-4-41-25-11-8-19(13-26(25)42-5-2)28-23(31(39)40-3)16-36-32-37(28)30(38)27(44-32)14-20-12-22(34)15-24(35)29(20)43-17-18-6-9-21(33)10-7-18/h6-16,28H,4-5,17H2,1-3H3/b27-14+/t28-/m0/s1. The average molecular weight is 901 g/mol. The van der Waals surface area contributed by atoms with E-state index in [1.54, 1.807) is 12.1 Å². The predicted octanol–water partition coefficient (Wildman–Crippen LogP) is 6.37. The molecule has 0 unspecified atom stereocenters. The number of aromatic nitrogens is 1. The van der Waals surface area contributed by atoms with Gasteiger partial charge in [-0.05, 0) is 113 Å². The van der Waals surface area contributed by atoms with E-state index in [2.05, 4.69) is 66.1 Å². The minimum Gasteiger partial charge on any atom is -0.490 e. The van der Waals surface area contributed by atoms with Crippen LogP contribution < -0.4 is 29.1 Å². The first kappa shape index (κ1) is 32.7. The Bertz CT molecular complexity index is 1920. The Balaban J connectivity index is 1.62. The fourth-order valence-corrected chi connectivity index (χ4v) is 7.97. The van der Waals surface area contributed by atoms with E-state index in [1.807, 2.05) is 62.4 Å². The van der Waals surface area contributed by atoms with Crippen molar-refractivity contribution in [3.63, 3.8) is 0 Å². The second-order valence-electron chi connectivity index (χ2n) is 9.47. The van der Waals surface area contributed by atoms with Gasteiger partial charge in [0.2, 0.25) is 0 Å². The largest absolute Gasteiger partial charge is 0.490 e. The van der Waals surface area contributed by atoms with Crippen LogP contribution in [0.25, 0.3) is 6.08 Å². The summed E-state index contributed by atoms with van der Waals surface area (Å²) in [6, 6.07) is 16.6. The third-order valence-corrected chi connectivity index (χ3v) is 9.58. The van der Waals surface area contributed by atoms with Gasteiger partial charge in [-0.15, -0.1) is 0 Å². The quantitative estimate of drug-likeness (QED) is 0.136. The Kier molecular flexibility index (Phi) is 10.9. The predicted molar refractivity (Wildman–Crippen MR) is 190 cm³/mol. The van der Waals surface area contributed by atoms with E-state index in [1.165, 1.54) is 29.2 Å². The lowest BCUT2D eigenvalue weighted by molar-refractivity contribution is -0.136. The van der Waals surface area contributed by atoms with E-state index in [4.69, 9.17) is 18.9 Å². The number of benzene rings is 3. The molecule has 44 heavy (non-hydrogen) atoms. The molecule has 0 amide bonds. The first-order valence-electron chi connectivity index (χ1n) is 13.6. The fraction of sp³-hybridized carbons (Fsp3) is 0.219. The normalized spacial score (nSPS) is 14.4. The maximum absolute atomic E-state index is 14.1. The van der Waals surface area contributed by atoms with Crippen LogP contribution in [0.15, 0.2) is 80.6 Å². The van der Waals surface area contributed by atoms with Crippen LogP contribution in [0, 0.1) is 7.14 Å². The second-order valence-corrected chi connectivity index (χ2v) is 13.8. The number of esters is 1. The van der Waals surface area contributed by atoms with Crippen molar-refractivity contribution in [3.8, 4) is 17.2 Å². The van der Waals surface area contributed by atoms with Crippen LogP contribution >= 0.6 is 72.4 Å². The lowest BCUT2D eigenvalue weighted by Gasteiger charge is -2.23. The van der Waals surface area contributed by atoms with Crippen LogP contribution in [0.4, 0.5) is 0 Å². The van der Waals surface area contributed by atoms with Gasteiger partial charge in [0, 0.05) is 19.8 Å². The summed E-state index contributed by atoms with van der Waals surface area (Å²) in [5, 5.41) is 0. The molecule has 0 fully saturated rings. The van der Waals surface area contributed by atoms with Crippen LogP contribution in [-0.4, -0.2) is 30.9 Å². The van der Waals surface area contributed by atoms with Gasteiger partial charge < -0.3 is 18.9 Å². The lowest BCUT2D eigenvalue weighted by atomic mass is 9.97. The summed E-state index contributed by atoms with van der Waals surface area (Å²) in [5.74, 6) is 1.21. The number of carbonyl (C=O) groups excluding carboxylic acids is 1. The molecule has 3 aromatic carbocycles. The minimum atomic E-state index is -0.778. The molecular weight excluding hydrogens is 874 g/mol. The number of nitrogens with zero attached hydrogens (tertiary/aromatic N) is 2. The molecule has 1 aliphatic rings. The van der Waals surface area contributed by atoms with Gasteiger partial charge in [-0.2, -0.15) is 0 Å². The van der Waals surface area contributed by atoms with Crippen molar-refractivity contribution in [3.05, 3.63) is 114 Å². The zero-order valence-electron chi connectivity index (χ0n) is 23.9. The second kappa shape index (κ2) is 14.6. The van der Waals surface area contributed by atoms with Gasteiger partial charge in [0.25, 0.3) is 5.56 Å². The maximum atomic E-state index is 14.1. The van der Waals surface area contributed by atoms with Crippen molar-refractivity contribution < 1.29 is 23.7 Å². The zero-order chi connectivity index (χ0) is 31.4. The Labute approximate surface area is 293 Å². The number of carbonyl (C=O) groups is 1. The summed E-state index contributed by atoms with van der Waals surface area (Å²) >= 11 is 9.23. The summed E-state index contributed by atoms with van der Waals surface area (Å²) in [6.07, 6.45) is 3.30. The summed E-state index contributed by atoms with van der Waals surface area (Å²) < 4.78 is 27.9. The third kappa shape index (κ3) is 7.07. The van der Waals surface area contributed by atoms with Crippen LogP contribution in [-0.2, 0) is 16.1 Å². The van der Waals surface area contributed by atoms with Crippen molar-refractivity contribution in [2.24, 2.45) is 4.99 Å². The molecule has 4 aromatic rings. The third-order valence-electron chi connectivity index (χ3n) is 6.63. The number of hydrogen-bond acceptors (Lipinski definition) is 8. The number of thiazole rings is 1. The first-order chi connectivity index (χ1) is 21.2. The van der Waals surface area contributed by atoms with Gasteiger partial charge in [-0.25, -0.2) is 9.79 Å². The number of methoxy groups -OCH3 is 1. The highest BCUT2D eigenvalue weighted by Crippen LogP contribution is 2.35. The van der Waals surface area contributed by atoms with E-state index in [9.17, 15) is 9.59 Å². The molecule has 228 valence electrons. The van der Waals surface area contributed by atoms with Crippen LogP contribution in [0.5, 0.6) is 17.2 Å². The fourth-order valence-electron chi connectivity index (χ4n) is 4.70. The molecule has 0 bridgehead atoms. The minimum absolute atomic E-state index is 0.236. The number of rotatable bonds is 10. The Morgan fingerprint density at radius 2 is 1.75 bits per heavy atom. The van der Waals surface area contributed by atoms with Crippen LogP contribution in [0.3, 0.4) is 0 Å². The number of hydrogen-bond donors (Lipinski definition) is 0. The summed E-state index contributed by atoms with van der Waals surface area (Å²) in [5.41, 5.74) is 2.41. The van der Waals surface area contributed by atoms with E-state index < -0.39 is 12.0 Å². The summed E-state index contributed by atoms with van der Waals surface area (Å²) in [7, 11) is 1.31. The van der Waals surface area contributed by atoms with E-state index >= 15 is 0 Å². The monoisotopic (exact) mass is 900 g/mol. The van der Waals surface area contributed by atoms with Gasteiger partial charge in [-0.3, -0.25) is 9.36 Å². The number of halogens is 3. The number of ether oxygens (including phenoxy) is 4. The molecule has 12 heteroatoms.